The van der Waals surface area contributed by atoms with Gasteiger partial charge in [0, 0.05) is 90.0 Å². The maximum atomic E-state index is 13.4. The smallest absolute Gasteiger partial charge is 0.415 e. The molecule has 350 valence electrons. The molecule has 4 aromatic rings. The first-order chi connectivity index (χ1) is 29.9. The molecule has 0 aliphatic heterocycles. The number of aryl methyl sites for hydroxylation is 2. The first kappa shape index (κ1) is 54.8. The highest BCUT2D eigenvalue weighted by Gasteiger charge is 2.38. The largest absolute Gasteiger partial charge is 1.00 e. The number of hydrogen-bond donors (Lipinski definition) is 8. The Kier molecular flexibility index (Phi) is 24.3. The average molecular weight is 1020 g/mol. The normalized spacial score (nSPS) is 11.1. The molecule has 1 aliphatic rings. The number of halogens is 2. The molecule has 0 saturated heterocycles. The minimum Gasteiger partial charge on any atom is -1.00 e. The third-order valence-corrected chi connectivity index (χ3v) is 9.68. The second kappa shape index (κ2) is 28.4. The maximum absolute atomic E-state index is 13.4. The van der Waals surface area contributed by atoms with Crippen molar-refractivity contribution in [1.29, 1.82) is 0 Å². The van der Waals surface area contributed by atoms with Crippen LogP contribution >= 0.6 is 0 Å². The highest BCUT2D eigenvalue weighted by atomic mass is 79.9. The number of ether oxygens (including phenoxy) is 2. The number of aromatic nitrogens is 2. The number of aliphatic hydroxyl groups excluding tert-OH is 2. The Bertz CT molecular complexity index is 2000. The zero-order chi connectivity index (χ0) is 45.0. The fraction of sp³-hybridized carbons (Fsp3) is 0.409. The third kappa shape index (κ3) is 16.3. The predicted octanol–water partition coefficient (Wildman–Crippen LogP) is -3.67. The number of benzene rings is 2. The zero-order valence-corrected chi connectivity index (χ0v) is 39.8. The summed E-state index contributed by atoms with van der Waals surface area (Å²) in [7, 11) is 7.22. The molecule has 2 amide bonds. The van der Waals surface area contributed by atoms with Crippen molar-refractivity contribution in [1.82, 2.24) is 20.4 Å². The number of carbonyl (C=O) groups is 4. The molecule has 2 heterocycles. The Hall–Kier alpha value is -5.38. The molecule has 0 radical (unpaired) electrons. The Balaban J connectivity index is 0.000000428. The van der Waals surface area contributed by atoms with Gasteiger partial charge in [0.15, 0.2) is 23.9 Å². The minimum absolute atomic E-state index is 0. The number of rotatable bonds is 21. The van der Waals surface area contributed by atoms with E-state index in [1.165, 1.54) is 12.1 Å². The van der Waals surface area contributed by atoms with Crippen LogP contribution in [-0.4, -0.2) is 134 Å². The number of nitrogens with zero attached hydrogens (tertiary/aromatic N) is 4. The molecule has 2 aromatic carbocycles. The monoisotopic (exact) mass is 1020 g/mol. The fourth-order valence-electron chi connectivity index (χ4n) is 6.47. The van der Waals surface area contributed by atoms with Crippen molar-refractivity contribution in [2.45, 2.75) is 25.7 Å². The van der Waals surface area contributed by atoms with Gasteiger partial charge in [0.1, 0.15) is 25.6 Å². The average Bonchev–Trinajstić information content (AvgIpc) is 3.24. The van der Waals surface area contributed by atoms with Crippen molar-refractivity contribution < 1.29 is 92.2 Å². The number of ketones is 2. The second-order valence-corrected chi connectivity index (χ2v) is 14.6. The van der Waals surface area contributed by atoms with Crippen LogP contribution in [0, 0.1) is 0 Å². The molecule has 8 N–H and O–H groups in total. The van der Waals surface area contributed by atoms with Crippen LogP contribution in [0.2, 0.25) is 0 Å². The summed E-state index contributed by atoms with van der Waals surface area (Å²) in [5, 5.41) is 50.6. The number of carbonyl (C=O) groups excluding carboxylic acids is 4. The Morgan fingerprint density at radius 3 is 1.33 bits per heavy atom. The van der Waals surface area contributed by atoms with Crippen molar-refractivity contribution in [2.75, 3.05) is 90.3 Å². The van der Waals surface area contributed by atoms with Gasteiger partial charge in [-0.15, -0.1) is 0 Å². The van der Waals surface area contributed by atoms with Crippen LogP contribution in [0.1, 0.15) is 57.5 Å². The lowest BCUT2D eigenvalue weighted by Gasteiger charge is -2.25. The number of fused-ring (bicyclic) bond motifs is 2. The van der Waals surface area contributed by atoms with Crippen molar-refractivity contribution >= 4 is 35.1 Å². The van der Waals surface area contributed by atoms with Crippen LogP contribution < -0.4 is 73.8 Å². The maximum Gasteiger partial charge on any atom is 0.415 e. The number of phenolic OH excluding ortho intramolecular Hbond substituents is 2. The molecule has 1 aliphatic carbocycles. The van der Waals surface area contributed by atoms with E-state index in [1.54, 1.807) is 60.6 Å². The molecular formula is C44H60Br2N8O10. The van der Waals surface area contributed by atoms with E-state index in [4.69, 9.17) is 19.7 Å². The predicted molar refractivity (Wildman–Crippen MR) is 231 cm³/mol. The number of nitrogens with one attached hydrogen (secondary N) is 4. The number of amides is 2. The highest BCUT2D eigenvalue weighted by Crippen LogP contribution is 2.42. The van der Waals surface area contributed by atoms with Crippen LogP contribution in [-0.2, 0) is 14.1 Å². The number of anilines is 2. The summed E-state index contributed by atoms with van der Waals surface area (Å²) >= 11 is 0. The standard InChI is InChI=1S/C22H28N4O6.C22H32N4O4.2BrH/c27-11-9-23-5-7-25-13-1-2-14(26-8-6-24-10-12-28)18-17(13)21(31)19-15(29)3-4-16(30)20(19)22(18)32;1-23-13-9-11-19(17-23)29-21(27)25(3)15-7-5-6-8-16-26(4)22(28)30-20-12-10-14-24(2)18-20;;/h1-4,23-30H,5-12H2;9-14,17-18H,5-8,15-16H2,1-4H3;2*1H/q;+2;;/p-2. The van der Waals surface area contributed by atoms with Gasteiger partial charge < -0.3 is 94.9 Å². The molecule has 64 heavy (non-hydrogen) atoms. The van der Waals surface area contributed by atoms with Gasteiger partial charge in [-0.2, -0.15) is 0 Å². The molecule has 0 atom stereocenters. The Morgan fingerprint density at radius 2 is 0.969 bits per heavy atom. The van der Waals surface area contributed by atoms with Gasteiger partial charge in [-0.05, 0) is 49.2 Å². The first-order valence-corrected chi connectivity index (χ1v) is 20.5. The molecule has 0 unspecified atom stereocenters. The summed E-state index contributed by atoms with van der Waals surface area (Å²) in [4.78, 5) is 54.1. The summed E-state index contributed by atoms with van der Waals surface area (Å²) in [5.74, 6) is -0.813. The molecule has 0 bridgehead atoms. The third-order valence-electron chi connectivity index (χ3n) is 9.68. The van der Waals surface area contributed by atoms with Crippen LogP contribution in [0.3, 0.4) is 0 Å². The molecular weight excluding hydrogens is 960 g/mol. The minimum atomic E-state index is -0.559. The van der Waals surface area contributed by atoms with Gasteiger partial charge in [0.25, 0.3) is 0 Å². The number of unbranched alkanes of at least 4 members (excludes halogenated alkanes) is 3. The van der Waals surface area contributed by atoms with Gasteiger partial charge in [0.05, 0.1) is 35.5 Å². The van der Waals surface area contributed by atoms with E-state index in [9.17, 15) is 29.4 Å². The first-order valence-electron chi connectivity index (χ1n) is 20.5. The van der Waals surface area contributed by atoms with Crippen LogP contribution in [0.4, 0.5) is 21.0 Å². The van der Waals surface area contributed by atoms with Gasteiger partial charge in [-0.25, -0.2) is 18.7 Å². The lowest BCUT2D eigenvalue weighted by atomic mass is 9.81. The molecule has 20 heteroatoms. The van der Waals surface area contributed by atoms with Gasteiger partial charge in [-0.3, -0.25) is 9.59 Å². The SMILES string of the molecule is CN(CCCCCCN(C)C(=O)Oc1ccc[n+](C)c1)C(=O)Oc1ccc[n+](C)c1.O=C1c2c(O)ccc(O)c2C(=O)c2c(NCCNCCO)ccc(NCCNCCO)c21.[Br-].[Br-]. The summed E-state index contributed by atoms with van der Waals surface area (Å²) in [6.07, 6.45) is 10.2. The van der Waals surface area contributed by atoms with Crippen LogP contribution in [0.25, 0.3) is 0 Å². The molecule has 5 rings (SSSR count). The molecule has 0 spiro atoms. The topological polar surface area (TPSA) is 230 Å². The lowest BCUT2D eigenvalue weighted by molar-refractivity contribution is -0.671. The van der Waals surface area contributed by atoms with Crippen LogP contribution in [0.15, 0.2) is 73.3 Å². The van der Waals surface area contributed by atoms with E-state index in [0.717, 1.165) is 25.7 Å². The Labute approximate surface area is 394 Å². The fourth-order valence-corrected chi connectivity index (χ4v) is 6.47. The molecule has 0 saturated carbocycles. The van der Waals surface area contributed by atoms with E-state index in [1.807, 2.05) is 47.8 Å². The molecule has 18 nitrogen and oxygen atoms in total. The number of hydrogen-bond acceptors (Lipinski definition) is 14. The van der Waals surface area contributed by atoms with Gasteiger partial charge in [0.2, 0.25) is 24.0 Å². The Morgan fingerprint density at radius 1 is 0.578 bits per heavy atom. The number of pyridine rings is 2. The van der Waals surface area contributed by atoms with Crippen molar-refractivity contribution in [3.63, 3.8) is 0 Å². The number of phenols is 2. The lowest BCUT2D eigenvalue weighted by Crippen LogP contribution is -3.00. The van der Waals surface area contributed by atoms with E-state index in [-0.39, 0.29) is 93.1 Å². The van der Waals surface area contributed by atoms with E-state index in [0.29, 0.717) is 75.2 Å². The van der Waals surface area contributed by atoms with Crippen molar-refractivity contribution in [3.8, 4) is 23.0 Å². The second-order valence-electron chi connectivity index (χ2n) is 14.6. The van der Waals surface area contributed by atoms with Gasteiger partial charge in [-0.1, -0.05) is 12.8 Å². The molecule has 2 aromatic heterocycles. The quantitative estimate of drug-likeness (QED) is 0.0202. The van der Waals surface area contributed by atoms with E-state index < -0.39 is 11.6 Å². The van der Waals surface area contributed by atoms with Crippen molar-refractivity contribution in [2.24, 2.45) is 14.1 Å². The highest BCUT2D eigenvalue weighted by molar-refractivity contribution is 6.33. The summed E-state index contributed by atoms with van der Waals surface area (Å²) < 4.78 is 14.4. The summed E-state index contributed by atoms with van der Waals surface area (Å²) in [6, 6.07) is 12.9. The van der Waals surface area contributed by atoms with E-state index in [2.05, 4.69) is 21.3 Å². The summed E-state index contributed by atoms with van der Waals surface area (Å²) in [6.45, 7) is 4.06. The van der Waals surface area contributed by atoms with Gasteiger partial charge >= 0.3 is 12.2 Å². The zero-order valence-electron chi connectivity index (χ0n) is 36.6. The van der Waals surface area contributed by atoms with Crippen molar-refractivity contribution in [3.05, 3.63) is 95.6 Å². The van der Waals surface area contributed by atoms with E-state index >= 15 is 0 Å². The summed E-state index contributed by atoms with van der Waals surface area (Å²) in [5.41, 5.74) is 0.678. The number of aliphatic hydroxyl groups is 2. The van der Waals surface area contributed by atoms with Crippen LogP contribution in [0.5, 0.6) is 23.0 Å². The number of aromatic hydroxyl groups is 2. The molecule has 0 fully saturated rings.